The number of rotatable bonds is 3. The number of aryl methyl sites for hydroxylation is 1. The molecular weight excluding hydrogens is 229 g/mol. The second-order valence-corrected chi connectivity index (χ2v) is 4.31. The fourth-order valence-electron chi connectivity index (χ4n) is 1.72. The number of halogens is 1. The molecule has 1 aromatic carbocycles. The average molecular weight is 245 g/mol. The quantitative estimate of drug-likeness (QED) is 0.872. The summed E-state index contributed by atoms with van der Waals surface area (Å²) in [6, 6.07) is 8.27. The van der Waals surface area contributed by atoms with Crippen molar-refractivity contribution in [2.45, 2.75) is 19.9 Å². The molecule has 0 spiro atoms. The largest absolute Gasteiger partial charge is 0.396 e. The predicted molar refractivity (Wildman–Crippen MR) is 71.8 cm³/mol. The normalized spacial score (nSPS) is 12.2. The molecule has 0 saturated carbocycles. The van der Waals surface area contributed by atoms with Crippen LogP contribution in [0.25, 0.3) is 0 Å². The first-order chi connectivity index (χ1) is 8.58. The van der Waals surface area contributed by atoms with Crippen LogP contribution in [-0.2, 0) is 0 Å². The maximum atomic E-state index is 12.8. The van der Waals surface area contributed by atoms with Gasteiger partial charge in [-0.25, -0.2) is 9.37 Å². The van der Waals surface area contributed by atoms with Gasteiger partial charge in [-0.1, -0.05) is 12.1 Å². The van der Waals surface area contributed by atoms with Gasteiger partial charge in [-0.15, -0.1) is 0 Å². The van der Waals surface area contributed by atoms with E-state index in [-0.39, 0.29) is 11.9 Å². The molecule has 0 aliphatic heterocycles. The van der Waals surface area contributed by atoms with Crippen molar-refractivity contribution in [2.24, 2.45) is 0 Å². The molecular formula is C14H16FN3. The Kier molecular flexibility index (Phi) is 3.46. The molecule has 3 N–H and O–H groups in total. The van der Waals surface area contributed by atoms with Crippen LogP contribution in [0.2, 0.25) is 0 Å². The standard InChI is InChI=1S/C14H16FN3/c1-9-7-8-17-14(13(9)16)18-10(2)11-3-5-12(15)6-4-11/h3-8,10H,16H2,1-2H3,(H,17,18). The summed E-state index contributed by atoms with van der Waals surface area (Å²) in [7, 11) is 0. The van der Waals surface area contributed by atoms with E-state index in [2.05, 4.69) is 10.3 Å². The second-order valence-electron chi connectivity index (χ2n) is 4.31. The number of benzene rings is 1. The van der Waals surface area contributed by atoms with E-state index < -0.39 is 0 Å². The van der Waals surface area contributed by atoms with Gasteiger partial charge in [0.25, 0.3) is 0 Å². The highest BCUT2D eigenvalue weighted by molar-refractivity contribution is 5.65. The highest BCUT2D eigenvalue weighted by atomic mass is 19.1. The van der Waals surface area contributed by atoms with E-state index in [0.29, 0.717) is 11.5 Å². The lowest BCUT2D eigenvalue weighted by Gasteiger charge is -2.17. The maximum Gasteiger partial charge on any atom is 0.149 e. The summed E-state index contributed by atoms with van der Waals surface area (Å²) in [6.07, 6.45) is 1.71. The molecule has 0 fully saturated rings. The van der Waals surface area contributed by atoms with Gasteiger partial charge < -0.3 is 11.1 Å². The summed E-state index contributed by atoms with van der Waals surface area (Å²) in [6.45, 7) is 3.92. The summed E-state index contributed by atoms with van der Waals surface area (Å²) in [5, 5.41) is 3.23. The highest BCUT2D eigenvalue weighted by Crippen LogP contribution is 2.24. The van der Waals surface area contributed by atoms with Gasteiger partial charge in [-0.2, -0.15) is 0 Å². The highest BCUT2D eigenvalue weighted by Gasteiger charge is 2.09. The minimum Gasteiger partial charge on any atom is -0.396 e. The van der Waals surface area contributed by atoms with Gasteiger partial charge in [0.15, 0.2) is 0 Å². The molecule has 2 aromatic rings. The lowest BCUT2D eigenvalue weighted by Crippen LogP contribution is -2.10. The van der Waals surface area contributed by atoms with Crippen molar-refractivity contribution in [1.29, 1.82) is 0 Å². The van der Waals surface area contributed by atoms with Gasteiger partial charge in [0.2, 0.25) is 0 Å². The minimum atomic E-state index is -0.237. The average Bonchev–Trinajstić information content (AvgIpc) is 2.36. The van der Waals surface area contributed by atoms with E-state index in [1.807, 2.05) is 19.9 Å². The van der Waals surface area contributed by atoms with E-state index in [1.54, 1.807) is 18.3 Å². The molecule has 94 valence electrons. The van der Waals surface area contributed by atoms with E-state index in [4.69, 9.17) is 5.73 Å². The van der Waals surface area contributed by atoms with Gasteiger partial charge >= 0.3 is 0 Å². The second kappa shape index (κ2) is 5.04. The number of aromatic nitrogens is 1. The smallest absolute Gasteiger partial charge is 0.149 e. The van der Waals surface area contributed by atoms with Crippen LogP contribution in [-0.4, -0.2) is 4.98 Å². The van der Waals surface area contributed by atoms with Crippen molar-refractivity contribution in [1.82, 2.24) is 4.98 Å². The van der Waals surface area contributed by atoms with Crippen LogP contribution < -0.4 is 11.1 Å². The van der Waals surface area contributed by atoms with E-state index in [1.165, 1.54) is 12.1 Å². The van der Waals surface area contributed by atoms with Gasteiger partial charge in [0.05, 0.1) is 11.7 Å². The first kappa shape index (κ1) is 12.4. The van der Waals surface area contributed by atoms with E-state index in [9.17, 15) is 4.39 Å². The van der Waals surface area contributed by atoms with Crippen LogP contribution in [0.3, 0.4) is 0 Å². The van der Waals surface area contributed by atoms with Gasteiger partial charge in [-0.3, -0.25) is 0 Å². The molecule has 1 heterocycles. The minimum absolute atomic E-state index is 0.0159. The van der Waals surface area contributed by atoms with Crippen LogP contribution in [0.5, 0.6) is 0 Å². The molecule has 0 radical (unpaired) electrons. The number of nitrogens with one attached hydrogen (secondary N) is 1. The zero-order valence-corrected chi connectivity index (χ0v) is 10.4. The van der Waals surface area contributed by atoms with Crippen molar-refractivity contribution < 1.29 is 4.39 Å². The fraction of sp³-hybridized carbons (Fsp3) is 0.214. The molecule has 1 atom stereocenters. The molecule has 0 saturated heterocycles. The first-order valence-corrected chi connectivity index (χ1v) is 5.81. The number of anilines is 2. The molecule has 2 rings (SSSR count). The van der Waals surface area contributed by atoms with Crippen LogP contribution in [0, 0.1) is 12.7 Å². The third kappa shape index (κ3) is 2.59. The van der Waals surface area contributed by atoms with Crippen molar-refractivity contribution in [3.05, 3.63) is 53.5 Å². The van der Waals surface area contributed by atoms with E-state index >= 15 is 0 Å². The zero-order chi connectivity index (χ0) is 13.1. The van der Waals surface area contributed by atoms with Crippen LogP contribution in [0.4, 0.5) is 15.9 Å². The maximum absolute atomic E-state index is 12.8. The van der Waals surface area contributed by atoms with Crippen LogP contribution >= 0.6 is 0 Å². The molecule has 0 aliphatic carbocycles. The number of nitrogens with zero attached hydrogens (tertiary/aromatic N) is 1. The van der Waals surface area contributed by atoms with Gasteiger partial charge in [-0.05, 0) is 43.2 Å². The molecule has 0 aliphatic rings. The summed E-state index contributed by atoms with van der Waals surface area (Å²) in [4.78, 5) is 4.21. The van der Waals surface area contributed by atoms with E-state index in [0.717, 1.165) is 11.1 Å². The number of hydrogen-bond acceptors (Lipinski definition) is 3. The Hall–Kier alpha value is -2.10. The van der Waals surface area contributed by atoms with Crippen LogP contribution in [0.1, 0.15) is 24.1 Å². The summed E-state index contributed by atoms with van der Waals surface area (Å²) in [5.74, 6) is 0.422. The Morgan fingerprint density at radius 1 is 1.22 bits per heavy atom. The van der Waals surface area contributed by atoms with Gasteiger partial charge in [0.1, 0.15) is 11.6 Å². The lowest BCUT2D eigenvalue weighted by molar-refractivity contribution is 0.626. The third-order valence-corrected chi connectivity index (χ3v) is 2.93. The van der Waals surface area contributed by atoms with Gasteiger partial charge in [0, 0.05) is 6.20 Å². The Morgan fingerprint density at radius 3 is 2.56 bits per heavy atom. The monoisotopic (exact) mass is 245 g/mol. The summed E-state index contributed by atoms with van der Waals surface area (Å²) < 4.78 is 12.8. The lowest BCUT2D eigenvalue weighted by atomic mass is 10.1. The van der Waals surface area contributed by atoms with Crippen molar-refractivity contribution in [2.75, 3.05) is 11.1 Å². The molecule has 4 heteroatoms. The molecule has 1 aromatic heterocycles. The Morgan fingerprint density at radius 2 is 1.89 bits per heavy atom. The van der Waals surface area contributed by atoms with Crippen molar-refractivity contribution >= 4 is 11.5 Å². The third-order valence-electron chi connectivity index (χ3n) is 2.93. The molecule has 1 unspecified atom stereocenters. The number of pyridine rings is 1. The predicted octanol–water partition coefficient (Wildman–Crippen LogP) is 3.28. The summed E-state index contributed by atoms with van der Waals surface area (Å²) >= 11 is 0. The van der Waals surface area contributed by atoms with Crippen LogP contribution in [0.15, 0.2) is 36.5 Å². The topological polar surface area (TPSA) is 50.9 Å². The Bertz CT molecular complexity index is 537. The molecule has 0 bridgehead atoms. The van der Waals surface area contributed by atoms with Crippen molar-refractivity contribution in [3.8, 4) is 0 Å². The summed E-state index contributed by atoms with van der Waals surface area (Å²) in [5.41, 5.74) is 8.56. The molecule has 0 amide bonds. The Balaban J connectivity index is 2.18. The number of hydrogen-bond donors (Lipinski definition) is 2. The number of nitrogen functional groups attached to an aromatic ring is 1. The van der Waals surface area contributed by atoms with Crippen molar-refractivity contribution in [3.63, 3.8) is 0 Å². The Labute approximate surface area is 106 Å². The molecule has 18 heavy (non-hydrogen) atoms. The first-order valence-electron chi connectivity index (χ1n) is 5.81. The SMILES string of the molecule is Cc1ccnc(NC(C)c2ccc(F)cc2)c1N. The zero-order valence-electron chi connectivity index (χ0n) is 10.4. The fourth-order valence-corrected chi connectivity index (χ4v) is 1.72. The number of nitrogens with two attached hydrogens (primary N) is 1. The molecule has 3 nitrogen and oxygen atoms in total.